The molecule has 0 saturated carbocycles. The molecule has 1 aromatic carbocycles. The van der Waals surface area contributed by atoms with Crippen LogP contribution in [0.25, 0.3) is 0 Å². The molecule has 0 radical (unpaired) electrons. The predicted molar refractivity (Wildman–Crippen MR) is 144 cm³/mol. The quantitative estimate of drug-likeness (QED) is 0.274. The standard InChI is InChI=1S/C26H34N4O4S2/c1-9-33-24(32)21-15(2)17(4)36-23(21)27-20(31)14-35-25-29-28-22(30(25)8)16(3)34-19-12-10-18(11-13-19)26(5,6)7/h10-13,16H,9,14H2,1-8H3,(H,27,31). The fraction of sp³-hybridized carbons (Fsp3) is 0.462. The summed E-state index contributed by atoms with van der Waals surface area (Å²) in [5, 5.41) is 12.5. The molecule has 36 heavy (non-hydrogen) atoms. The van der Waals surface area contributed by atoms with E-state index in [-0.39, 0.29) is 29.8 Å². The van der Waals surface area contributed by atoms with Crippen LogP contribution >= 0.6 is 23.1 Å². The van der Waals surface area contributed by atoms with Crippen LogP contribution in [-0.4, -0.2) is 39.0 Å². The number of thioether (sulfide) groups is 1. The minimum absolute atomic E-state index is 0.0771. The number of aryl methyl sites for hydroxylation is 1. The summed E-state index contributed by atoms with van der Waals surface area (Å²) >= 11 is 2.64. The second-order valence-corrected chi connectivity index (χ2v) is 11.6. The maximum Gasteiger partial charge on any atom is 0.341 e. The Morgan fingerprint density at radius 3 is 2.44 bits per heavy atom. The van der Waals surface area contributed by atoms with E-state index < -0.39 is 5.97 Å². The van der Waals surface area contributed by atoms with Gasteiger partial charge in [0, 0.05) is 11.9 Å². The lowest BCUT2D eigenvalue weighted by molar-refractivity contribution is -0.113. The van der Waals surface area contributed by atoms with Crippen molar-refractivity contribution in [3.63, 3.8) is 0 Å². The molecule has 0 spiro atoms. The molecular weight excluding hydrogens is 496 g/mol. The molecule has 1 N–H and O–H groups in total. The highest BCUT2D eigenvalue weighted by Gasteiger charge is 2.23. The number of nitrogens with zero attached hydrogens (tertiary/aromatic N) is 3. The van der Waals surface area contributed by atoms with Gasteiger partial charge in [-0.15, -0.1) is 21.5 Å². The summed E-state index contributed by atoms with van der Waals surface area (Å²) in [6.07, 6.45) is -0.324. The number of hydrogen-bond acceptors (Lipinski definition) is 8. The van der Waals surface area contributed by atoms with Crippen LogP contribution in [0, 0.1) is 13.8 Å². The van der Waals surface area contributed by atoms with Crippen molar-refractivity contribution in [3.05, 3.63) is 51.7 Å². The van der Waals surface area contributed by atoms with Crippen LogP contribution in [0.3, 0.4) is 0 Å². The van der Waals surface area contributed by atoms with Gasteiger partial charge in [-0.05, 0) is 56.4 Å². The summed E-state index contributed by atoms with van der Waals surface area (Å²) in [5.41, 5.74) is 2.55. The fourth-order valence-electron chi connectivity index (χ4n) is 3.55. The molecule has 8 nitrogen and oxygen atoms in total. The normalized spacial score (nSPS) is 12.3. The number of ether oxygens (including phenoxy) is 2. The molecule has 1 amide bonds. The van der Waals surface area contributed by atoms with E-state index in [1.807, 2.05) is 44.5 Å². The molecule has 2 heterocycles. The van der Waals surface area contributed by atoms with Crippen LogP contribution in [0.15, 0.2) is 29.4 Å². The number of aromatic nitrogens is 3. The van der Waals surface area contributed by atoms with E-state index in [1.165, 1.54) is 28.7 Å². The molecule has 0 aliphatic heterocycles. The topological polar surface area (TPSA) is 95.3 Å². The van der Waals surface area contributed by atoms with E-state index in [0.29, 0.717) is 21.5 Å². The molecular formula is C26H34N4O4S2. The Balaban J connectivity index is 1.62. The number of nitrogens with one attached hydrogen (secondary N) is 1. The molecule has 2 aromatic heterocycles. The Bertz CT molecular complexity index is 1230. The average molecular weight is 531 g/mol. The minimum Gasteiger partial charge on any atom is -0.483 e. The maximum atomic E-state index is 12.7. The Labute approximate surface area is 220 Å². The number of carbonyl (C=O) groups excluding carboxylic acids is 2. The monoisotopic (exact) mass is 530 g/mol. The fourth-order valence-corrected chi connectivity index (χ4v) is 5.34. The minimum atomic E-state index is -0.428. The zero-order valence-corrected chi connectivity index (χ0v) is 23.7. The van der Waals surface area contributed by atoms with Crippen molar-refractivity contribution in [2.24, 2.45) is 7.05 Å². The van der Waals surface area contributed by atoms with Gasteiger partial charge in [0.15, 0.2) is 17.1 Å². The highest BCUT2D eigenvalue weighted by molar-refractivity contribution is 7.99. The first-order valence-electron chi connectivity index (χ1n) is 11.8. The molecule has 0 fully saturated rings. The number of amides is 1. The van der Waals surface area contributed by atoms with Crippen molar-refractivity contribution in [2.45, 2.75) is 65.1 Å². The lowest BCUT2D eigenvalue weighted by Gasteiger charge is -2.20. The molecule has 0 aliphatic rings. The second-order valence-electron chi connectivity index (χ2n) is 9.48. The van der Waals surface area contributed by atoms with E-state index in [2.05, 4.69) is 48.4 Å². The molecule has 0 saturated heterocycles. The lowest BCUT2D eigenvalue weighted by atomic mass is 9.87. The first kappa shape index (κ1) is 27.7. The van der Waals surface area contributed by atoms with Crippen molar-refractivity contribution in [3.8, 4) is 5.75 Å². The Hall–Kier alpha value is -2.85. The highest BCUT2D eigenvalue weighted by Crippen LogP contribution is 2.33. The van der Waals surface area contributed by atoms with E-state index in [4.69, 9.17) is 9.47 Å². The first-order chi connectivity index (χ1) is 16.9. The molecule has 1 unspecified atom stereocenters. The molecule has 0 bridgehead atoms. The Morgan fingerprint density at radius 2 is 1.83 bits per heavy atom. The summed E-state index contributed by atoms with van der Waals surface area (Å²) in [4.78, 5) is 26.0. The van der Waals surface area contributed by atoms with Gasteiger partial charge in [-0.1, -0.05) is 44.7 Å². The van der Waals surface area contributed by atoms with Gasteiger partial charge >= 0.3 is 5.97 Å². The number of carbonyl (C=O) groups is 2. The highest BCUT2D eigenvalue weighted by atomic mass is 32.2. The van der Waals surface area contributed by atoms with Gasteiger partial charge in [0.2, 0.25) is 5.91 Å². The number of esters is 1. The van der Waals surface area contributed by atoms with E-state index in [9.17, 15) is 9.59 Å². The molecule has 3 rings (SSSR count). The van der Waals surface area contributed by atoms with E-state index in [0.717, 1.165) is 16.2 Å². The lowest BCUT2D eigenvalue weighted by Crippen LogP contribution is -2.17. The van der Waals surface area contributed by atoms with Crippen LogP contribution in [0.4, 0.5) is 5.00 Å². The molecule has 194 valence electrons. The number of rotatable bonds is 9. The van der Waals surface area contributed by atoms with Crippen molar-refractivity contribution in [1.29, 1.82) is 0 Å². The van der Waals surface area contributed by atoms with E-state index in [1.54, 1.807) is 6.92 Å². The summed E-state index contributed by atoms with van der Waals surface area (Å²) < 4.78 is 13.1. The molecule has 1 atom stereocenters. The summed E-state index contributed by atoms with van der Waals surface area (Å²) in [6.45, 7) is 14.2. The SMILES string of the molecule is CCOC(=O)c1c(NC(=O)CSc2nnc(C(C)Oc3ccc(C(C)(C)C)cc3)n2C)sc(C)c1C. The van der Waals surface area contributed by atoms with Crippen molar-refractivity contribution in [2.75, 3.05) is 17.7 Å². The number of hydrogen-bond donors (Lipinski definition) is 1. The summed E-state index contributed by atoms with van der Waals surface area (Å²) in [7, 11) is 1.85. The van der Waals surface area contributed by atoms with Crippen molar-refractivity contribution >= 4 is 40.0 Å². The van der Waals surface area contributed by atoms with Gasteiger partial charge in [0.1, 0.15) is 10.8 Å². The largest absolute Gasteiger partial charge is 0.483 e. The van der Waals surface area contributed by atoms with Crippen LogP contribution in [-0.2, 0) is 22.0 Å². The third-order valence-electron chi connectivity index (χ3n) is 5.72. The number of benzene rings is 1. The number of anilines is 1. The molecule has 0 aliphatic carbocycles. The van der Waals surface area contributed by atoms with Crippen LogP contribution in [0.5, 0.6) is 5.75 Å². The Kier molecular flexibility index (Phi) is 8.84. The summed E-state index contributed by atoms with van der Waals surface area (Å²) in [6, 6.07) is 8.07. The summed E-state index contributed by atoms with van der Waals surface area (Å²) in [5.74, 6) is 0.869. The zero-order valence-electron chi connectivity index (χ0n) is 22.1. The number of thiophene rings is 1. The van der Waals surface area contributed by atoms with Gasteiger partial charge in [0.25, 0.3) is 0 Å². The van der Waals surface area contributed by atoms with Gasteiger partial charge in [-0.25, -0.2) is 4.79 Å². The van der Waals surface area contributed by atoms with Gasteiger partial charge in [-0.2, -0.15) is 0 Å². The molecule has 3 aromatic rings. The third kappa shape index (κ3) is 6.47. The Morgan fingerprint density at radius 1 is 1.17 bits per heavy atom. The second kappa shape index (κ2) is 11.5. The molecule has 10 heteroatoms. The van der Waals surface area contributed by atoms with Gasteiger partial charge in [0.05, 0.1) is 17.9 Å². The smallest absolute Gasteiger partial charge is 0.341 e. The van der Waals surface area contributed by atoms with Crippen LogP contribution in [0.2, 0.25) is 0 Å². The first-order valence-corrected chi connectivity index (χ1v) is 13.6. The van der Waals surface area contributed by atoms with Crippen molar-refractivity contribution < 1.29 is 19.1 Å². The average Bonchev–Trinajstić information content (AvgIpc) is 3.30. The zero-order chi connectivity index (χ0) is 26.6. The third-order valence-corrected chi connectivity index (χ3v) is 7.86. The van der Waals surface area contributed by atoms with Crippen LogP contribution < -0.4 is 10.1 Å². The van der Waals surface area contributed by atoms with Gasteiger partial charge in [-0.3, -0.25) is 4.79 Å². The van der Waals surface area contributed by atoms with Gasteiger partial charge < -0.3 is 19.4 Å². The van der Waals surface area contributed by atoms with Crippen LogP contribution in [0.1, 0.15) is 72.9 Å². The predicted octanol–water partition coefficient (Wildman–Crippen LogP) is 5.84. The maximum absolute atomic E-state index is 12.7. The van der Waals surface area contributed by atoms with Crippen molar-refractivity contribution in [1.82, 2.24) is 14.8 Å². The van der Waals surface area contributed by atoms with E-state index >= 15 is 0 Å².